The van der Waals surface area contributed by atoms with Crippen molar-refractivity contribution in [3.63, 3.8) is 0 Å². The summed E-state index contributed by atoms with van der Waals surface area (Å²) in [6.07, 6.45) is -0.421. The number of halogens is 2. The fourth-order valence-corrected chi connectivity index (χ4v) is 5.24. The van der Waals surface area contributed by atoms with Gasteiger partial charge in [0.2, 0.25) is 0 Å². The van der Waals surface area contributed by atoms with Crippen molar-refractivity contribution in [2.45, 2.75) is 51.7 Å². The largest absolute Gasteiger partial charge is 0.476 e. The average molecular weight is 585 g/mol. The lowest BCUT2D eigenvalue weighted by Crippen LogP contribution is -2.54. The summed E-state index contributed by atoms with van der Waals surface area (Å²) in [7, 11) is 3.18. The van der Waals surface area contributed by atoms with E-state index >= 15 is 0 Å². The Labute approximate surface area is 244 Å². The first kappa shape index (κ1) is 30.1. The van der Waals surface area contributed by atoms with E-state index in [1.54, 1.807) is 51.9 Å². The third-order valence-electron chi connectivity index (χ3n) is 7.21. The van der Waals surface area contributed by atoms with Gasteiger partial charge in [0.15, 0.2) is 6.10 Å². The predicted octanol–water partition coefficient (Wildman–Crippen LogP) is 5.06. The molecule has 0 radical (unpaired) electrons. The molecule has 0 N–H and O–H groups in total. The van der Waals surface area contributed by atoms with Crippen LogP contribution in [0.2, 0.25) is 5.02 Å². The quantitative estimate of drug-likeness (QED) is 0.498. The lowest BCUT2D eigenvalue weighted by Gasteiger charge is -2.41. The van der Waals surface area contributed by atoms with E-state index in [2.05, 4.69) is 6.07 Å². The Balaban J connectivity index is 1.56. The van der Waals surface area contributed by atoms with E-state index in [9.17, 15) is 24.0 Å². The molecule has 0 saturated carbocycles. The molecule has 2 aliphatic heterocycles. The molecule has 1 fully saturated rings. The van der Waals surface area contributed by atoms with Gasteiger partial charge < -0.3 is 19.3 Å². The van der Waals surface area contributed by atoms with E-state index in [1.165, 1.54) is 34.1 Å². The molecule has 0 bridgehead atoms. The van der Waals surface area contributed by atoms with Crippen molar-refractivity contribution in [3.8, 4) is 11.8 Å². The third-order valence-corrected chi connectivity index (χ3v) is 7.52. The van der Waals surface area contributed by atoms with Crippen LogP contribution in [0.4, 0.5) is 14.9 Å². The molecule has 1 unspecified atom stereocenters. The lowest BCUT2D eigenvalue weighted by atomic mass is 9.75. The molecule has 11 heteroatoms. The summed E-state index contributed by atoms with van der Waals surface area (Å²) in [5, 5.41) is 10.1. The van der Waals surface area contributed by atoms with Crippen LogP contribution in [0.1, 0.15) is 49.5 Å². The van der Waals surface area contributed by atoms with E-state index in [-0.39, 0.29) is 40.5 Å². The second-order valence-electron chi connectivity index (χ2n) is 11.7. The van der Waals surface area contributed by atoms with Gasteiger partial charge in [0.25, 0.3) is 11.8 Å². The van der Waals surface area contributed by atoms with Crippen LogP contribution in [-0.4, -0.2) is 73.1 Å². The van der Waals surface area contributed by atoms with Crippen molar-refractivity contribution in [2.24, 2.45) is 5.41 Å². The number of fused-ring (bicyclic) bond motifs is 1. The second-order valence-corrected chi connectivity index (χ2v) is 12.1. The molecule has 9 nitrogen and oxygen atoms in total. The maximum atomic E-state index is 13.7. The van der Waals surface area contributed by atoms with Gasteiger partial charge in [-0.15, -0.1) is 0 Å². The van der Waals surface area contributed by atoms with Gasteiger partial charge in [-0.05, 0) is 69.9 Å². The molecule has 2 aromatic carbocycles. The van der Waals surface area contributed by atoms with Crippen molar-refractivity contribution in [3.05, 3.63) is 58.4 Å². The van der Waals surface area contributed by atoms with Gasteiger partial charge in [-0.1, -0.05) is 23.7 Å². The van der Waals surface area contributed by atoms with Gasteiger partial charge in [0.1, 0.15) is 17.2 Å². The van der Waals surface area contributed by atoms with E-state index in [1.807, 2.05) is 0 Å². The maximum absolute atomic E-state index is 13.7. The van der Waals surface area contributed by atoms with Crippen molar-refractivity contribution >= 4 is 35.2 Å². The van der Waals surface area contributed by atoms with E-state index in [4.69, 9.17) is 21.1 Å². The number of rotatable bonds is 4. The van der Waals surface area contributed by atoms with Crippen LogP contribution in [0.5, 0.6) is 5.75 Å². The molecule has 3 amide bonds. The normalized spacial score (nSPS) is 18.0. The Bertz CT molecular complexity index is 1370. The monoisotopic (exact) mass is 584 g/mol. The zero-order valence-electron chi connectivity index (χ0n) is 23.9. The number of hydrogen-bond donors (Lipinski definition) is 0. The van der Waals surface area contributed by atoms with E-state index < -0.39 is 23.2 Å². The van der Waals surface area contributed by atoms with E-state index in [0.717, 1.165) is 5.56 Å². The number of hydrogen-bond acceptors (Lipinski definition) is 6. The van der Waals surface area contributed by atoms with Gasteiger partial charge >= 0.3 is 6.09 Å². The topological polar surface area (TPSA) is 103 Å². The number of nitriles is 1. The molecule has 218 valence electrons. The van der Waals surface area contributed by atoms with Crippen molar-refractivity contribution in [1.29, 1.82) is 5.26 Å². The molecule has 1 atom stereocenters. The summed E-state index contributed by atoms with van der Waals surface area (Å²) >= 11 is 6.43. The molecular weight excluding hydrogens is 551 g/mol. The average Bonchev–Trinajstić information content (AvgIpc) is 2.92. The first-order chi connectivity index (χ1) is 19.2. The fraction of sp³-hybridized carbons (Fsp3) is 0.467. The highest BCUT2D eigenvalue weighted by Crippen LogP contribution is 2.40. The Morgan fingerprint density at radius 1 is 1.17 bits per heavy atom. The molecule has 2 aliphatic rings. The first-order valence-electron chi connectivity index (χ1n) is 13.4. The number of likely N-dealkylation sites (tertiary alicyclic amines) is 1. The van der Waals surface area contributed by atoms with Gasteiger partial charge in [-0.2, -0.15) is 5.26 Å². The van der Waals surface area contributed by atoms with Crippen LogP contribution in [-0.2, 0) is 16.0 Å². The smallest absolute Gasteiger partial charge is 0.415 e. The van der Waals surface area contributed by atoms with Crippen LogP contribution >= 0.6 is 11.6 Å². The Morgan fingerprint density at radius 2 is 1.80 bits per heavy atom. The molecule has 2 heterocycles. The summed E-state index contributed by atoms with van der Waals surface area (Å²) in [6.45, 7) is 5.73. The SMILES string of the molecule is CN(C)C(=O)c1cc2c(cc1Cl)N(C(=O)OC(C)(C)C)CC(C(=O)N1CCC(C#N)(Cc3ccc(F)cc3)CC1)O2. The Kier molecular flexibility index (Phi) is 8.50. The Hall–Kier alpha value is -3.84. The standard InChI is InChI=1S/C30H34ClFN4O5/c1-29(2,3)41-28(39)36-17-25(40-24-14-21(26(37)34(4)5)22(31)15-23(24)36)27(38)35-12-10-30(18-33,11-13-35)16-19-6-8-20(32)9-7-19/h6-9,14-15,25H,10-13,16-17H2,1-5H3. The predicted molar refractivity (Wildman–Crippen MR) is 151 cm³/mol. The summed E-state index contributed by atoms with van der Waals surface area (Å²) in [4.78, 5) is 43.9. The molecule has 41 heavy (non-hydrogen) atoms. The molecule has 2 aromatic rings. The highest BCUT2D eigenvalue weighted by Gasteiger charge is 2.42. The first-order valence-corrected chi connectivity index (χ1v) is 13.8. The minimum absolute atomic E-state index is 0.118. The number of carbonyl (C=O) groups excluding carboxylic acids is 3. The van der Waals surface area contributed by atoms with Gasteiger partial charge in [-0.3, -0.25) is 14.5 Å². The number of benzene rings is 2. The van der Waals surface area contributed by atoms with Crippen LogP contribution in [0.3, 0.4) is 0 Å². The molecule has 0 aliphatic carbocycles. The maximum Gasteiger partial charge on any atom is 0.415 e. The van der Waals surface area contributed by atoms with Crippen LogP contribution in [0.25, 0.3) is 0 Å². The van der Waals surface area contributed by atoms with Crippen molar-refractivity contribution < 1.29 is 28.2 Å². The van der Waals surface area contributed by atoms with Crippen LogP contribution in [0, 0.1) is 22.6 Å². The zero-order chi connectivity index (χ0) is 30.1. The number of piperidine rings is 1. The summed E-state index contributed by atoms with van der Waals surface area (Å²) < 4.78 is 25.0. The summed E-state index contributed by atoms with van der Waals surface area (Å²) in [5.41, 5.74) is -0.155. The highest BCUT2D eigenvalue weighted by atomic mass is 35.5. The van der Waals surface area contributed by atoms with Crippen molar-refractivity contribution in [1.82, 2.24) is 9.80 Å². The fourth-order valence-electron chi connectivity index (χ4n) is 5.01. The summed E-state index contributed by atoms with van der Waals surface area (Å²) in [6, 6.07) is 11.4. The molecule has 1 saturated heterocycles. The minimum atomic E-state index is -1.06. The number of nitrogens with zero attached hydrogens (tertiary/aromatic N) is 4. The number of carbonyl (C=O) groups is 3. The number of ether oxygens (including phenoxy) is 2. The Morgan fingerprint density at radius 3 is 2.37 bits per heavy atom. The van der Waals surface area contributed by atoms with Crippen LogP contribution in [0.15, 0.2) is 36.4 Å². The highest BCUT2D eigenvalue weighted by molar-refractivity contribution is 6.34. The van der Waals surface area contributed by atoms with Crippen molar-refractivity contribution in [2.75, 3.05) is 38.6 Å². The lowest BCUT2D eigenvalue weighted by molar-refractivity contribution is -0.140. The van der Waals surface area contributed by atoms with Gasteiger partial charge in [-0.25, -0.2) is 9.18 Å². The van der Waals surface area contributed by atoms with Gasteiger partial charge in [0.05, 0.1) is 34.3 Å². The van der Waals surface area contributed by atoms with E-state index in [0.29, 0.717) is 38.0 Å². The molecular formula is C30H34ClFN4O5. The number of amides is 3. The minimum Gasteiger partial charge on any atom is -0.476 e. The molecule has 0 aromatic heterocycles. The molecule has 0 spiro atoms. The third kappa shape index (κ3) is 6.73. The molecule has 4 rings (SSSR count). The zero-order valence-corrected chi connectivity index (χ0v) is 24.6. The number of anilines is 1. The summed E-state index contributed by atoms with van der Waals surface area (Å²) in [5.74, 6) is -0.874. The second kappa shape index (κ2) is 11.6. The van der Waals surface area contributed by atoms with Gasteiger partial charge in [0, 0.05) is 27.2 Å². The van der Waals surface area contributed by atoms with Crippen LogP contribution < -0.4 is 9.64 Å².